The number of hydrogen-bond donors (Lipinski definition) is 3. The first-order chi connectivity index (χ1) is 10.0. The summed E-state index contributed by atoms with van der Waals surface area (Å²) in [6.07, 6.45) is 1.78. The number of carbonyl (C=O) groups is 2. The Bertz CT molecular complexity index is 483. The van der Waals surface area contributed by atoms with E-state index >= 15 is 0 Å². The molecule has 0 saturated carbocycles. The van der Waals surface area contributed by atoms with Crippen LogP contribution in [0.15, 0.2) is 17.5 Å². The number of aliphatic carboxylic acids is 1. The summed E-state index contributed by atoms with van der Waals surface area (Å²) < 4.78 is 5.31. The topological polar surface area (TPSA) is 87.7 Å². The van der Waals surface area contributed by atoms with Gasteiger partial charge in [0.1, 0.15) is 0 Å². The van der Waals surface area contributed by atoms with Crippen molar-refractivity contribution in [3.05, 3.63) is 22.4 Å². The van der Waals surface area contributed by atoms with Crippen molar-refractivity contribution in [3.63, 3.8) is 0 Å². The fraction of sp³-hybridized carbons (Fsp3) is 0.571. The van der Waals surface area contributed by atoms with E-state index in [9.17, 15) is 14.7 Å². The molecule has 2 heterocycles. The lowest BCUT2D eigenvalue weighted by atomic mass is 9.82. The smallest absolute Gasteiger partial charge is 0.331 e. The van der Waals surface area contributed by atoms with E-state index in [1.54, 1.807) is 17.5 Å². The fourth-order valence-electron chi connectivity index (χ4n) is 2.23. The molecule has 2 rings (SSSR count). The molecule has 1 aromatic heterocycles. The molecule has 2 amide bonds. The minimum atomic E-state index is -1.06. The van der Waals surface area contributed by atoms with Crippen LogP contribution in [0.4, 0.5) is 4.79 Å². The maximum atomic E-state index is 11.9. The van der Waals surface area contributed by atoms with Crippen molar-refractivity contribution >= 4 is 23.3 Å². The van der Waals surface area contributed by atoms with Gasteiger partial charge in [-0.2, -0.15) is 0 Å². The molecule has 0 aliphatic carbocycles. The van der Waals surface area contributed by atoms with Gasteiger partial charge in [-0.25, -0.2) is 9.59 Å². The Hall–Kier alpha value is -1.60. The third-order valence-corrected chi connectivity index (χ3v) is 4.66. The minimum absolute atomic E-state index is 0.0112. The van der Waals surface area contributed by atoms with Gasteiger partial charge < -0.3 is 20.5 Å². The predicted molar refractivity (Wildman–Crippen MR) is 79.4 cm³/mol. The summed E-state index contributed by atoms with van der Waals surface area (Å²) >= 11 is 1.31. The molecule has 1 fully saturated rings. The molecule has 116 valence electrons. The van der Waals surface area contributed by atoms with Gasteiger partial charge in [-0.15, -0.1) is 11.3 Å². The van der Waals surface area contributed by atoms with Gasteiger partial charge in [0.2, 0.25) is 0 Å². The number of nitrogens with one attached hydrogen (secondary N) is 2. The Labute approximate surface area is 127 Å². The summed E-state index contributed by atoms with van der Waals surface area (Å²) in [5.41, 5.74) is 0.0112. The average molecular weight is 312 g/mol. The van der Waals surface area contributed by atoms with Gasteiger partial charge in [-0.05, 0) is 29.7 Å². The van der Waals surface area contributed by atoms with E-state index in [-0.39, 0.29) is 5.41 Å². The van der Waals surface area contributed by atoms with Crippen molar-refractivity contribution in [2.75, 3.05) is 19.8 Å². The Morgan fingerprint density at radius 2 is 2.19 bits per heavy atom. The maximum Gasteiger partial charge on any atom is 0.331 e. The first-order valence-corrected chi connectivity index (χ1v) is 7.76. The molecule has 7 heteroatoms. The van der Waals surface area contributed by atoms with E-state index in [2.05, 4.69) is 17.6 Å². The molecule has 1 aliphatic heterocycles. The zero-order valence-corrected chi connectivity index (χ0v) is 12.7. The molecular weight excluding hydrogens is 292 g/mol. The molecule has 21 heavy (non-hydrogen) atoms. The zero-order valence-electron chi connectivity index (χ0n) is 11.9. The maximum absolute atomic E-state index is 11.9. The van der Waals surface area contributed by atoms with E-state index in [0.717, 1.165) is 12.8 Å². The van der Waals surface area contributed by atoms with Crippen LogP contribution >= 0.6 is 11.3 Å². The Balaban J connectivity index is 1.86. The van der Waals surface area contributed by atoms with Gasteiger partial charge in [0, 0.05) is 24.6 Å². The van der Waals surface area contributed by atoms with Gasteiger partial charge >= 0.3 is 12.0 Å². The van der Waals surface area contributed by atoms with Gasteiger partial charge in [-0.1, -0.05) is 13.0 Å². The van der Waals surface area contributed by atoms with Crippen LogP contribution in [0.3, 0.4) is 0 Å². The molecule has 1 atom stereocenters. The zero-order chi connectivity index (χ0) is 15.3. The molecule has 0 aromatic carbocycles. The number of carboxylic acids is 1. The van der Waals surface area contributed by atoms with Crippen molar-refractivity contribution in [2.24, 2.45) is 5.41 Å². The second-order valence-electron chi connectivity index (χ2n) is 5.54. The number of thiophene rings is 1. The summed E-state index contributed by atoms with van der Waals surface area (Å²) in [5, 5.41) is 16.3. The fourth-order valence-corrected chi connectivity index (χ4v) is 2.99. The monoisotopic (exact) mass is 312 g/mol. The number of urea groups is 1. The highest BCUT2D eigenvalue weighted by molar-refractivity contribution is 7.10. The average Bonchev–Trinajstić information content (AvgIpc) is 2.97. The van der Waals surface area contributed by atoms with Crippen molar-refractivity contribution in [2.45, 2.75) is 25.8 Å². The third kappa shape index (κ3) is 4.44. The van der Waals surface area contributed by atoms with E-state index in [1.807, 2.05) is 0 Å². The number of hydrogen-bond acceptors (Lipinski definition) is 4. The molecule has 0 spiro atoms. The van der Waals surface area contributed by atoms with E-state index in [1.165, 1.54) is 11.3 Å². The highest BCUT2D eigenvalue weighted by atomic mass is 32.1. The molecule has 1 aromatic rings. The van der Waals surface area contributed by atoms with Gasteiger partial charge in [0.25, 0.3) is 0 Å². The van der Waals surface area contributed by atoms with Gasteiger partial charge in [0.15, 0.2) is 6.04 Å². The summed E-state index contributed by atoms with van der Waals surface area (Å²) in [6, 6.07) is 2.00. The second kappa shape index (κ2) is 6.91. The van der Waals surface area contributed by atoms with Crippen LogP contribution in [0.2, 0.25) is 0 Å². The van der Waals surface area contributed by atoms with Crippen LogP contribution in [-0.4, -0.2) is 36.9 Å². The Morgan fingerprint density at radius 1 is 1.48 bits per heavy atom. The molecule has 0 radical (unpaired) electrons. The summed E-state index contributed by atoms with van der Waals surface area (Å²) in [4.78, 5) is 23.8. The molecule has 1 aliphatic rings. The van der Waals surface area contributed by atoms with Crippen LogP contribution in [0, 0.1) is 5.41 Å². The first-order valence-electron chi connectivity index (χ1n) is 6.88. The normalized spacial score (nSPS) is 18.7. The number of carboxylic acid groups (broad SMARTS) is 1. The summed E-state index contributed by atoms with van der Waals surface area (Å²) in [7, 11) is 0. The number of amides is 2. The quantitative estimate of drug-likeness (QED) is 0.776. The predicted octanol–water partition coefficient (Wildman–Crippen LogP) is 1.99. The van der Waals surface area contributed by atoms with Crippen LogP contribution in [0.1, 0.15) is 30.7 Å². The van der Waals surface area contributed by atoms with Gasteiger partial charge in [0.05, 0.1) is 0 Å². The van der Waals surface area contributed by atoms with Crippen molar-refractivity contribution < 1.29 is 19.4 Å². The van der Waals surface area contributed by atoms with Crippen molar-refractivity contribution in [3.8, 4) is 0 Å². The minimum Gasteiger partial charge on any atom is -0.479 e. The number of rotatable bonds is 5. The standard InChI is InChI=1S/C14H20N2O4S/c1-14(4-6-20-7-5-14)9-15-13(19)16-11(12(17)18)10-3-2-8-21-10/h2-3,8,11H,4-7,9H2,1H3,(H,17,18)(H2,15,16,19). The number of ether oxygens (including phenoxy) is 1. The molecular formula is C14H20N2O4S. The van der Waals surface area contributed by atoms with Crippen LogP contribution in [0.25, 0.3) is 0 Å². The highest BCUT2D eigenvalue weighted by Gasteiger charge is 2.29. The van der Waals surface area contributed by atoms with Crippen molar-refractivity contribution in [1.29, 1.82) is 0 Å². The molecule has 6 nitrogen and oxygen atoms in total. The van der Waals surface area contributed by atoms with Crippen LogP contribution in [-0.2, 0) is 9.53 Å². The number of carbonyl (C=O) groups excluding carboxylic acids is 1. The molecule has 1 saturated heterocycles. The third-order valence-electron chi connectivity index (χ3n) is 3.73. The summed E-state index contributed by atoms with van der Waals surface area (Å²) in [5.74, 6) is -1.06. The largest absolute Gasteiger partial charge is 0.479 e. The molecule has 3 N–H and O–H groups in total. The Kier molecular flexibility index (Phi) is 5.19. The second-order valence-corrected chi connectivity index (χ2v) is 6.52. The lowest BCUT2D eigenvalue weighted by Crippen LogP contribution is -2.45. The lowest BCUT2D eigenvalue weighted by molar-refractivity contribution is -0.139. The lowest BCUT2D eigenvalue weighted by Gasteiger charge is -2.33. The van der Waals surface area contributed by atoms with Gasteiger partial charge in [-0.3, -0.25) is 0 Å². The van der Waals surface area contributed by atoms with E-state index in [4.69, 9.17) is 4.74 Å². The molecule has 0 bridgehead atoms. The van der Waals surface area contributed by atoms with Crippen molar-refractivity contribution in [1.82, 2.24) is 10.6 Å². The SMILES string of the molecule is CC1(CNC(=O)NC(C(=O)O)c2cccs2)CCOCC1. The van der Waals surface area contributed by atoms with E-state index < -0.39 is 18.0 Å². The Morgan fingerprint density at radius 3 is 2.76 bits per heavy atom. The molecule has 1 unspecified atom stereocenters. The van der Waals surface area contributed by atoms with Crippen LogP contribution in [0.5, 0.6) is 0 Å². The van der Waals surface area contributed by atoms with Crippen LogP contribution < -0.4 is 10.6 Å². The first kappa shape index (κ1) is 15.8. The van der Waals surface area contributed by atoms with E-state index in [0.29, 0.717) is 24.6 Å². The summed E-state index contributed by atoms with van der Waals surface area (Å²) in [6.45, 7) is 4.02. The highest BCUT2D eigenvalue weighted by Crippen LogP contribution is 2.28.